The smallest absolute Gasteiger partial charge is 0.226 e. The average Bonchev–Trinajstić information content (AvgIpc) is 2.59. The van der Waals surface area contributed by atoms with Gasteiger partial charge < -0.3 is 15.5 Å². The van der Waals surface area contributed by atoms with Crippen LogP contribution >= 0.6 is 12.6 Å². The predicted molar refractivity (Wildman–Crippen MR) is 79.4 cm³/mol. The van der Waals surface area contributed by atoms with E-state index in [2.05, 4.69) is 17.9 Å². The van der Waals surface area contributed by atoms with Crippen LogP contribution in [0.4, 0.5) is 0 Å². The van der Waals surface area contributed by atoms with Crippen molar-refractivity contribution in [2.24, 2.45) is 11.8 Å². The van der Waals surface area contributed by atoms with E-state index < -0.39 is 23.7 Å². The number of rotatable bonds is 7. The summed E-state index contributed by atoms with van der Waals surface area (Å²) < 4.78 is 0. The minimum absolute atomic E-state index is 0.0817. The first kappa shape index (κ1) is 17.5. The van der Waals surface area contributed by atoms with E-state index in [4.69, 9.17) is 0 Å². The summed E-state index contributed by atoms with van der Waals surface area (Å²) in [6.45, 7) is 5.36. The lowest BCUT2D eigenvalue weighted by Crippen LogP contribution is -2.59. The van der Waals surface area contributed by atoms with Crippen molar-refractivity contribution < 1.29 is 19.8 Å². The van der Waals surface area contributed by atoms with Crippen molar-refractivity contribution in [2.75, 3.05) is 0 Å². The normalized spacial score (nSPS) is 31.4. The lowest BCUT2D eigenvalue weighted by Gasteiger charge is -2.39. The van der Waals surface area contributed by atoms with Crippen molar-refractivity contribution in [3.05, 3.63) is 0 Å². The van der Waals surface area contributed by atoms with Gasteiger partial charge in [-0.2, -0.15) is 0 Å². The summed E-state index contributed by atoms with van der Waals surface area (Å²) in [6, 6.07) is 0. The predicted octanol–water partition coefficient (Wildman–Crippen LogP) is 0.886. The Morgan fingerprint density at radius 2 is 2.05 bits per heavy atom. The number of aliphatic hydroxyl groups is 2. The minimum atomic E-state index is -1.01. The zero-order valence-corrected chi connectivity index (χ0v) is 13.2. The lowest BCUT2D eigenvalue weighted by molar-refractivity contribution is -0.123. The van der Waals surface area contributed by atoms with Crippen LogP contribution in [0.15, 0.2) is 0 Å². The second kappa shape index (κ2) is 6.91. The van der Waals surface area contributed by atoms with Gasteiger partial charge in [-0.15, -0.1) is 12.6 Å². The number of nitrogens with one attached hydrogen (secondary N) is 1. The molecule has 6 heteroatoms. The van der Waals surface area contributed by atoms with Crippen molar-refractivity contribution in [1.82, 2.24) is 5.32 Å². The van der Waals surface area contributed by atoms with Crippen molar-refractivity contribution >= 4 is 23.7 Å². The molecule has 0 spiro atoms. The highest BCUT2D eigenvalue weighted by Gasteiger charge is 2.54. The molecule has 20 heavy (non-hydrogen) atoms. The van der Waals surface area contributed by atoms with Gasteiger partial charge in [-0.05, 0) is 18.8 Å². The Morgan fingerprint density at radius 3 is 2.45 bits per heavy atom. The molecule has 4 unspecified atom stereocenters. The van der Waals surface area contributed by atoms with Gasteiger partial charge in [0.05, 0.1) is 23.7 Å². The molecule has 4 atom stereocenters. The molecule has 0 saturated carbocycles. The Bertz CT molecular complexity index is 374. The van der Waals surface area contributed by atoms with Gasteiger partial charge in [-0.1, -0.05) is 27.2 Å². The first-order chi connectivity index (χ1) is 9.22. The van der Waals surface area contributed by atoms with E-state index in [0.717, 1.165) is 0 Å². The fourth-order valence-corrected chi connectivity index (χ4v) is 3.06. The second-order valence-electron chi connectivity index (χ2n) is 6.05. The maximum absolute atomic E-state index is 11.8. The highest BCUT2D eigenvalue weighted by atomic mass is 32.1. The number of aliphatic hydroxyl groups excluding tert-OH is 2. The number of hydrogen-bond donors (Lipinski definition) is 4. The molecule has 0 aromatic rings. The van der Waals surface area contributed by atoms with Crippen LogP contribution in [0.5, 0.6) is 0 Å². The standard InChI is InChI=1S/C14H25NO4S/c1-8(2)11(17)14(7-5-4-6-10(16)20)12(18)9(3)13(19)15-14/h8-9,11-12,17-18H,4-7H2,1-3H3,(H,15,19)(H,16,20). The number of thiol groups is 1. The van der Waals surface area contributed by atoms with E-state index in [0.29, 0.717) is 25.7 Å². The molecule has 0 aromatic carbocycles. The van der Waals surface area contributed by atoms with Crippen molar-refractivity contribution in [2.45, 2.75) is 64.2 Å². The summed E-state index contributed by atoms with van der Waals surface area (Å²) in [5.74, 6) is -0.848. The number of carbonyl (C=O) groups is 2. The molecule has 1 aliphatic heterocycles. The Hall–Kier alpha value is -0.590. The fourth-order valence-electron chi connectivity index (χ4n) is 2.90. The van der Waals surface area contributed by atoms with Gasteiger partial charge in [0, 0.05) is 6.42 Å². The second-order valence-corrected chi connectivity index (χ2v) is 6.55. The van der Waals surface area contributed by atoms with Crippen LogP contribution in [0.25, 0.3) is 0 Å². The van der Waals surface area contributed by atoms with E-state index in [9.17, 15) is 19.8 Å². The van der Waals surface area contributed by atoms with E-state index in [1.54, 1.807) is 6.92 Å². The van der Waals surface area contributed by atoms with Crippen LogP contribution in [-0.2, 0) is 9.59 Å². The highest BCUT2D eigenvalue weighted by Crippen LogP contribution is 2.36. The molecule has 1 aliphatic rings. The van der Waals surface area contributed by atoms with E-state index >= 15 is 0 Å². The Morgan fingerprint density at radius 1 is 1.45 bits per heavy atom. The van der Waals surface area contributed by atoms with Crippen molar-refractivity contribution in [1.29, 1.82) is 0 Å². The van der Waals surface area contributed by atoms with Gasteiger partial charge in [-0.25, -0.2) is 0 Å². The first-order valence-corrected chi connectivity index (χ1v) is 7.57. The van der Waals surface area contributed by atoms with E-state index in [1.807, 2.05) is 13.8 Å². The average molecular weight is 303 g/mol. The van der Waals surface area contributed by atoms with Gasteiger partial charge in [0.15, 0.2) is 5.12 Å². The van der Waals surface area contributed by atoms with Crippen LogP contribution in [-0.4, -0.2) is 39.0 Å². The summed E-state index contributed by atoms with van der Waals surface area (Å²) in [4.78, 5) is 22.6. The molecule has 0 bridgehead atoms. The molecule has 5 nitrogen and oxygen atoms in total. The molecule has 1 heterocycles. The lowest BCUT2D eigenvalue weighted by atomic mass is 9.76. The molecule has 0 radical (unpaired) electrons. The Kier molecular flexibility index (Phi) is 6.04. The van der Waals surface area contributed by atoms with Crippen LogP contribution in [0, 0.1) is 11.8 Å². The molecule has 1 saturated heterocycles. The highest BCUT2D eigenvalue weighted by molar-refractivity contribution is 7.96. The monoisotopic (exact) mass is 303 g/mol. The fraction of sp³-hybridized carbons (Fsp3) is 0.857. The zero-order valence-electron chi connectivity index (χ0n) is 12.3. The Labute approximate surface area is 125 Å². The van der Waals surface area contributed by atoms with Crippen LogP contribution < -0.4 is 5.32 Å². The quantitative estimate of drug-likeness (QED) is 0.415. The number of carbonyl (C=O) groups excluding carboxylic acids is 2. The maximum Gasteiger partial charge on any atom is 0.226 e. The topological polar surface area (TPSA) is 86.6 Å². The third-order valence-corrected chi connectivity index (χ3v) is 4.38. The minimum Gasteiger partial charge on any atom is -0.390 e. The van der Waals surface area contributed by atoms with Gasteiger partial charge in [0.1, 0.15) is 0 Å². The summed E-state index contributed by atoms with van der Waals surface area (Å²) in [6.07, 6.45) is 0.338. The summed E-state index contributed by atoms with van der Waals surface area (Å²) in [5.41, 5.74) is -1.01. The maximum atomic E-state index is 11.8. The molecule has 1 rings (SSSR count). The molecule has 0 aromatic heterocycles. The van der Waals surface area contributed by atoms with E-state index in [1.165, 1.54) is 0 Å². The third kappa shape index (κ3) is 3.54. The van der Waals surface area contributed by atoms with Crippen molar-refractivity contribution in [3.8, 4) is 0 Å². The SMILES string of the molecule is CC(C)C(O)C1(CCCCC(=O)S)NC(=O)C(C)C1O. The zero-order chi connectivity index (χ0) is 15.5. The molecule has 3 N–H and O–H groups in total. The number of hydrogen-bond acceptors (Lipinski definition) is 4. The van der Waals surface area contributed by atoms with E-state index in [-0.39, 0.29) is 16.9 Å². The molecule has 0 aliphatic carbocycles. The summed E-state index contributed by atoms with van der Waals surface area (Å²) >= 11 is 3.71. The van der Waals surface area contributed by atoms with Gasteiger partial charge in [-0.3, -0.25) is 9.59 Å². The summed E-state index contributed by atoms with van der Waals surface area (Å²) in [7, 11) is 0. The molecule has 116 valence electrons. The third-order valence-electron chi connectivity index (χ3n) is 4.16. The largest absolute Gasteiger partial charge is 0.390 e. The molecular weight excluding hydrogens is 278 g/mol. The molecule has 1 amide bonds. The molecule has 1 fully saturated rings. The first-order valence-electron chi connectivity index (χ1n) is 7.12. The molecular formula is C14H25NO4S. The Balaban J connectivity index is 2.81. The van der Waals surface area contributed by atoms with Crippen LogP contribution in [0.1, 0.15) is 46.5 Å². The van der Waals surface area contributed by atoms with Gasteiger partial charge in [0.2, 0.25) is 5.91 Å². The summed E-state index contributed by atoms with van der Waals surface area (Å²) in [5, 5.41) is 23.4. The van der Waals surface area contributed by atoms with Crippen LogP contribution in [0.3, 0.4) is 0 Å². The van der Waals surface area contributed by atoms with Gasteiger partial charge in [0.25, 0.3) is 0 Å². The number of amides is 1. The van der Waals surface area contributed by atoms with Crippen LogP contribution in [0.2, 0.25) is 0 Å². The number of unbranched alkanes of at least 4 members (excludes halogenated alkanes) is 1. The van der Waals surface area contributed by atoms with Gasteiger partial charge >= 0.3 is 0 Å². The van der Waals surface area contributed by atoms with Crippen molar-refractivity contribution in [3.63, 3.8) is 0 Å².